The Labute approximate surface area is 397 Å². The number of rotatable bonds is 49. The molecule has 0 rings (SSSR count). The predicted molar refractivity (Wildman–Crippen MR) is 279 cm³/mol. The Bertz CT molecular complexity index is 1190. The summed E-state index contributed by atoms with van der Waals surface area (Å²) in [5.74, 6) is -0.552. The maximum atomic E-state index is 12.8. The molecule has 0 aromatic heterocycles. The normalized spacial score (nSPS) is 12.9. The van der Waals surface area contributed by atoms with Gasteiger partial charge in [-0.2, -0.15) is 0 Å². The Hall–Kier alpha value is -2.92. The van der Waals surface area contributed by atoms with Crippen LogP contribution in [-0.4, -0.2) is 37.9 Å². The first-order valence-electron chi connectivity index (χ1n) is 27.1. The van der Waals surface area contributed by atoms with Crippen molar-refractivity contribution in [2.75, 3.05) is 19.8 Å². The molecule has 5 heteroatoms. The summed E-state index contributed by atoms with van der Waals surface area (Å²) in [4.78, 5) is 25.4. The molecule has 0 radical (unpaired) electrons. The summed E-state index contributed by atoms with van der Waals surface area (Å²) >= 11 is 0. The van der Waals surface area contributed by atoms with Crippen LogP contribution in [0.4, 0.5) is 0 Å². The van der Waals surface area contributed by atoms with Gasteiger partial charge >= 0.3 is 11.9 Å². The van der Waals surface area contributed by atoms with Crippen LogP contribution in [0, 0.1) is 0 Å². The van der Waals surface area contributed by atoms with Crippen LogP contribution in [0.3, 0.4) is 0 Å². The molecule has 1 unspecified atom stereocenters. The second-order valence-electron chi connectivity index (χ2n) is 17.8. The highest BCUT2D eigenvalue weighted by molar-refractivity contribution is 5.71. The molecule has 0 aromatic rings. The number of carbonyl (C=O) groups excluding carboxylic acids is 2. The Balaban J connectivity index is 4.39. The standard InChI is InChI=1S/C59H102O5/c1-4-7-10-13-16-19-22-25-28-29-30-33-36-39-42-45-48-51-54-62-55-57(64-59(61)53-50-47-44-41-38-35-32-27-24-21-18-15-12-9-6-3)56-63-58(60)52-49-46-43-40-37-34-31-26-23-20-17-14-11-8-5-2/h8,11,17,20,25-28,31-32,37,40,46,49,57H,4-7,9-10,12-16,18-19,21-24,29-30,33-36,38-39,41-45,47-48,50-56H2,1-3H3/b11-8-,20-17-,28-25-,31-26-,32-27-,40-37-,49-46-. The summed E-state index contributed by atoms with van der Waals surface area (Å²) < 4.78 is 17.3. The molecule has 0 N–H and O–H groups in total. The molecule has 0 amide bonds. The molecule has 0 heterocycles. The molecule has 0 aliphatic carbocycles. The zero-order valence-corrected chi connectivity index (χ0v) is 42.3. The fraction of sp³-hybridized carbons (Fsp3) is 0.729. The summed E-state index contributed by atoms with van der Waals surface area (Å²) in [5, 5.41) is 0. The van der Waals surface area contributed by atoms with Gasteiger partial charge in [-0.15, -0.1) is 0 Å². The van der Waals surface area contributed by atoms with Crippen molar-refractivity contribution in [3.8, 4) is 0 Å². The SMILES string of the molecule is CC/C=C\C/C=C\C/C=C\C/C=C\C/C=C\CC(=O)OCC(COCCCCCCCCCC/C=C\CCCCCCCC)OC(=O)CCCCCCC/C=C\CCCCCCCC. The van der Waals surface area contributed by atoms with Gasteiger partial charge in [0.2, 0.25) is 0 Å². The van der Waals surface area contributed by atoms with Crippen molar-refractivity contribution in [1.82, 2.24) is 0 Å². The minimum atomic E-state index is -0.585. The molecule has 0 saturated carbocycles. The molecule has 0 saturated heterocycles. The quantitative estimate of drug-likeness (QED) is 0.0346. The van der Waals surface area contributed by atoms with Crippen molar-refractivity contribution in [3.05, 3.63) is 85.1 Å². The van der Waals surface area contributed by atoms with Gasteiger partial charge in [-0.1, -0.05) is 228 Å². The summed E-state index contributed by atoms with van der Waals surface area (Å²) in [5.41, 5.74) is 0. The Kier molecular flexibility index (Phi) is 51.9. The number of ether oxygens (including phenoxy) is 3. The van der Waals surface area contributed by atoms with Gasteiger partial charge in [0.15, 0.2) is 6.10 Å². The number of unbranched alkanes of at least 4 members (excludes halogenated alkanes) is 25. The monoisotopic (exact) mass is 891 g/mol. The Morgan fingerprint density at radius 1 is 0.375 bits per heavy atom. The molecule has 368 valence electrons. The molecule has 1 atom stereocenters. The third kappa shape index (κ3) is 51.7. The van der Waals surface area contributed by atoms with Gasteiger partial charge < -0.3 is 14.2 Å². The van der Waals surface area contributed by atoms with Crippen molar-refractivity contribution < 1.29 is 23.8 Å². The van der Waals surface area contributed by atoms with Crippen LogP contribution >= 0.6 is 0 Å². The highest BCUT2D eigenvalue weighted by Gasteiger charge is 2.17. The van der Waals surface area contributed by atoms with Crippen LogP contribution in [0.1, 0.15) is 252 Å². The topological polar surface area (TPSA) is 61.8 Å². The van der Waals surface area contributed by atoms with E-state index in [4.69, 9.17) is 14.2 Å². The van der Waals surface area contributed by atoms with E-state index in [9.17, 15) is 9.59 Å². The number of esters is 2. The number of carbonyl (C=O) groups is 2. The van der Waals surface area contributed by atoms with Crippen LogP contribution in [0.25, 0.3) is 0 Å². The summed E-state index contributed by atoms with van der Waals surface area (Å²) in [6.07, 6.45) is 71.9. The van der Waals surface area contributed by atoms with Crippen LogP contribution in [-0.2, 0) is 23.8 Å². The summed E-state index contributed by atoms with van der Waals surface area (Å²) in [7, 11) is 0. The van der Waals surface area contributed by atoms with Gasteiger partial charge in [0.05, 0.1) is 13.0 Å². The molecular weight excluding hydrogens is 789 g/mol. The largest absolute Gasteiger partial charge is 0.461 e. The lowest BCUT2D eigenvalue weighted by Gasteiger charge is -2.18. The van der Waals surface area contributed by atoms with E-state index in [0.29, 0.717) is 13.0 Å². The van der Waals surface area contributed by atoms with Crippen LogP contribution < -0.4 is 0 Å². The molecule has 5 nitrogen and oxygen atoms in total. The highest BCUT2D eigenvalue weighted by Crippen LogP contribution is 2.14. The van der Waals surface area contributed by atoms with E-state index in [0.717, 1.165) is 70.6 Å². The molecule has 0 aliphatic heterocycles. The first-order valence-corrected chi connectivity index (χ1v) is 27.1. The highest BCUT2D eigenvalue weighted by atomic mass is 16.6. The van der Waals surface area contributed by atoms with Crippen LogP contribution in [0.2, 0.25) is 0 Å². The first-order chi connectivity index (χ1) is 31.6. The molecule has 64 heavy (non-hydrogen) atoms. The average molecular weight is 891 g/mol. The maximum Gasteiger partial charge on any atom is 0.309 e. The van der Waals surface area contributed by atoms with E-state index >= 15 is 0 Å². The average Bonchev–Trinajstić information content (AvgIpc) is 3.30. The zero-order valence-electron chi connectivity index (χ0n) is 42.3. The molecule has 0 spiro atoms. The lowest BCUT2D eigenvalue weighted by molar-refractivity contribution is -0.162. The fourth-order valence-corrected chi connectivity index (χ4v) is 7.40. The molecular formula is C59H102O5. The van der Waals surface area contributed by atoms with Crippen molar-refractivity contribution >= 4 is 11.9 Å². The van der Waals surface area contributed by atoms with Crippen molar-refractivity contribution in [2.24, 2.45) is 0 Å². The maximum absolute atomic E-state index is 12.8. The molecule has 0 aromatic carbocycles. The molecule has 0 fully saturated rings. The number of hydrogen-bond donors (Lipinski definition) is 0. The first kappa shape index (κ1) is 61.1. The predicted octanol–water partition coefficient (Wildman–Crippen LogP) is 18.5. The van der Waals surface area contributed by atoms with Gasteiger partial charge in [-0.05, 0) is 96.3 Å². The van der Waals surface area contributed by atoms with E-state index in [1.165, 1.54) is 148 Å². The van der Waals surface area contributed by atoms with Crippen LogP contribution in [0.15, 0.2) is 85.1 Å². The smallest absolute Gasteiger partial charge is 0.309 e. The van der Waals surface area contributed by atoms with E-state index in [2.05, 4.69) is 93.7 Å². The second kappa shape index (κ2) is 54.4. The van der Waals surface area contributed by atoms with Gasteiger partial charge in [-0.25, -0.2) is 0 Å². The second-order valence-corrected chi connectivity index (χ2v) is 17.8. The lowest BCUT2D eigenvalue weighted by atomic mass is 10.1. The number of allylic oxidation sites excluding steroid dienone is 13. The minimum absolute atomic E-state index is 0.0244. The summed E-state index contributed by atoms with van der Waals surface area (Å²) in [6, 6.07) is 0. The zero-order chi connectivity index (χ0) is 46.3. The van der Waals surface area contributed by atoms with E-state index in [1.807, 2.05) is 12.2 Å². The Morgan fingerprint density at radius 3 is 1.19 bits per heavy atom. The number of hydrogen-bond acceptors (Lipinski definition) is 5. The van der Waals surface area contributed by atoms with Gasteiger partial charge in [0, 0.05) is 13.0 Å². The fourth-order valence-electron chi connectivity index (χ4n) is 7.40. The molecule has 0 bridgehead atoms. The van der Waals surface area contributed by atoms with Gasteiger partial charge in [0.25, 0.3) is 0 Å². The van der Waals surface area contributed by atoms with Crippen molar-refractivity contribution in [2.45, 2.75) is 258 Å². The van der Waals surface area contributed by atoms with Crippen LogP contribution in [0.5, 0.6) is 0 Å². The third-order valence-corrected chi connectivity index (χ3v) is 11.4. The van der Waals surface area contributed by atoms with Gasteiger partial charge in [0.1, 0.15) is 6.61 Å². The van der Waals surface area contributed by atoms with E-state index < -0.39 is 6.10 Å². The van der Waals surface area contributed by atoms with Crippen molar-refractivity contribution in [3.63, 3.8) is 0 Å². The van der Waals surface area contributed by atoms with Crippen molar-refractivity contribution in [1.29, 1.82) is 0 Å². The molecule has 0 aliphatic rings. The Morgan fingerprint density at radius 2 is 0.750 bits per heavy atom. The van der Waals surface area contributed by atoms with E-state index in [-0.39, 0.29) is 31.6 Å². The minimum Gasteiger partial charge on any atom is -0.461 e. The van der Waals surface area contributed by atoms with E-state index in [1.54, 1.807) is 0 Å². The third-order valence-electron chi connectivity index (χ3n) is 11.4. The lowest BCUT2D eigenvalue weighted by Crippen LogP contribution is -2.30. The summed E-state index contributed by atoms with van der Waals surface area (Å²) in [6.45, 7) is 7.60. The van der Waals surface area contributed by atoms with Gasteiger partial charge in [-0.3, -0.25) is 9.59 Å².